The molecule has 2 N–H and O–H groups in total. The number of benzene rings is 1. The molecule has 0 aliphatic rings. The number of amides is 1. The lowest BCUT2D eigenvalue weighted by molar-refractivity contribution is 0.0950. The van der Waals surface area contributed by atoms with E-state index < -0.39 is 0 Å². The minimum Gasteiger partial charge on any atom is -0.370 e. The number of rotatable bonds is 8. The number of carbonyl (C=O) groups excluding carboxylic acids is 1. The third-order valence-corrected chi connectivity index (χ3v) is 3.41. The highest BCUT2D eigenvalue weighted by Crippen LogP contribution is 2.06. The molecule has 0 radical (unpaired) electrons. The van der Waals surface area contributed by atoms with Crippen molar-refractivity contribution < 1.29 is 4.79 Å². The molecule has 1 aromatic carbocycles. The van der Waals surface area contributed by atoms with Crippen LogP contribution in [0, 0.1) is 0 Å². The number of carbonyl (C=O) groups is 1. The van der Waals surface area contributed by atoms with E-state index in [1.54, 1.807) is 12.3 Å². The van der Waals surface area contributed by atoms with Crippen molar-refractivity contribution in [3.8, 4) is 0 Å². The summed E-state index contributed by atoms with van der Waals surface area (Å²) in [5, 5.41) is 6.15. The molecule has 23 heavy (non-hydrogen) atoms. The van der Waals surface area contributed by atoms with E-state index >= 15 is 0 Å². The number of pyridine rings is 1. The van der Waals surface area contributed by atoms with Gasteiger partial charge in [0.15, 0.2) is 0 Å². The zero-order valence-electron chi connectivity index (χ0n) is 13.7. The number of anilines is 1. The Morgan fingerprint density at radius 3 is 2.57 bits per heavy atom. The van der Waals surface area contributed by atoms with Crippen LogP contribution in [0.25, 0.3) is 0 Å². The van der Waals surface area contributed by atoms with Crippen LogP contribution in [0.1, 0.15) is 22.3 Å². The Morgan fingerprint density at radius 1 is 1.13 bits per heavy atom. The van der Waals surface area contributed by atoms with Crippen LogP contribution in [0.3, 0.4) is 0 Å². The van der Waals surface area contributed by atoms with E-state index in [1.807, 2.05) is 36.4 Å². The summed E-state index contributed by atoms with van der Waals surface area (Å²) in [5.41, 5.74) is 1.65. The lowest BCUT2D eigenvalue weighted by Gasteiger charge is -2.10. The van der Waals surface area contributed by atoms with E-state index in [9.17, 15) is 4.79 Å². The van der Waals surface area contributed by atoms with Gasteiger partial charge >= 0.3 is 0 Å². The van der Waals surface area contributed by atoms with Gasteiger partial charge in [-0.1, -0.05) is 30.3 Å². The molecule has 1 aromatic heterocycles. The molecule has 2 rings (SSSR count). The quantitative estimate of drug-likeness (QED) is 0.735. The molecule has 1 amide bonds. The van der Waals surface area contributed by atoms with Crippen molar-refractivity contribution in [3.05, 3.63) is 59.8 Å². The monoisotopic (exact) mass is 312 g/mol. The van der Waals surface area contributed by atoms with E-state index in [2.05, 4.69) is 34.6 Å². The van der Waals surface area contributed by atoms with Crippen LogP contribution in [0.15, 0.2) is 48.7 Å². The number of nitrogens with one attached hydrogen (secondary N) is 2. The summed E-state index contributed by atoms with van der Waals surface area (Å²) >= 11 is 0. The van der Waals surface area contributed by atoms with E-state index in [1.165, 1.54) is 0 Å². The van der Waals surface area contributed by atoms with Gasteiger partial charge in [-0.2, -0.15) is 0 Å². The summed E-state index contributed by atoms with van der Waals surface area (Å²) in [6, 6.07) is 13.5. The summed E-state index contributed by atoms with van der Waals surface area (Å²) in [6.07, 6.45) is 2.66. The van der Waals surface area contributed by atoms with E-state index in [0.717, 1.165) is 30.9 Å². The van der Waals surface area contributed by atoms with E-state index in [0.29, 0.717) is 12.1 Å². The van der Waals surface area contributed by atoms with Gasteiger partial charge in [-0.15, -0.1) is 0 Å². The maximum Gasteiger partial charge on any atom is 0.253 e. The molecule has 1 heterocycles. The van der Waals surface area contributed by atoms with Gasteiger partial charge in [0.05, 0.1) is 5.56 Å². The van der Waals surface area contributed by atoms with Crippen molar-refractivity contribution in [2.24, 2.45) is 0 Å². The maximum atomic E-state index is 12.1. The van der Waals surface area contributed by atoms with Gasteiger partial charge in [0.2, 0.25) is 0 Å². The second-order valence-electron chi connectivity index (χ2n) is 5.68. The molecule has 0 saturated heterocycles. The third-order valence-electron chi connectivity index (χ3n) is 3.41. The molecule has 5 nitrogen and oxygen atoms in total. The Bertz CT molecular complexity index is 596. The number of hydrogen-bond donors (Lipinski definition) is 2. The van der Waals surface area contributed by atoms with Gasteiger partial charge in [0.1, 0.15) is 5.82 Å². The molecule has 5 heteroatoms. The fourth-order valence-corrected chi connectivity index (χ4v) is 2.12. The van der Waals surface area contributed by atoms with Gasteiger partial charge in [0, 0.05) is 19.3 Å². The lowest BCUT2D eigenvalue weighted by Crippen LogP contribution is -2.23. The Hall–Kier alpha value is -2.40. The highest BCUT2D eigenvalue weighted by Gasteiger charge is 2.05. The number of hydrogen-bond acceptors (Lipinski definition) is 4. The Balaban J connectivity index is 1.78. The number of aromatic nitrogens is 1. The van der Waals surface area contributed by atoms with Crippen LogP contribution >= 0.6 is 0 Å². The summed E-state index contributed by atoms with van der Waals surface area (Å²) < 4.78 is 0. The first-order chi connectivity index (χ1) is 11.1. The highest BCUT2D eigenvalue weighted by atomic mass is 16.1. The van der Waals surface area contributed by atoms with Crippen LogP contribution in [0.4, 0.5) is 5.82 Å². The van der Waals surface area contributed by atoms with Crippen molar-refractivity contribution in [1.82, 2.24) is 15.2 Å². The van der Waals surface area contributed by atoms with Crippen molar-refractivity contribution in [2.75, 3.05) is 32.5 Å². The fourth-order valence-electron chi connectivity index (χ4n) is 2.12. The molecule has 0 fully saturated rings. The zero-order chi connectivity index (χ0) is 16.5. The topological polar surface area (TPSA) is 57.3 Å². The predicted octanol–water partition coefficient (Wildman–Crippen LogP) is 2.38. The average molecular weight is 312 g/mol. The first-order valence-electron chi connectivity index (χ1n) is 7.82. The summed E-state index contributed by atoms with van der Waals surface area (Å²) in [7, 11) is 4.11. The van der Waals surface area contributed by atoms with Crippen LogP contribution < -0.4 is 10.6 Å². The molecular weight excluding hydrogens is 288 g/mol. The van der Waals surface area contributed by atoms with Crippen LogP contribution in [0.5, 0.6) is 0 Å². The third kappa shape index (κ3) is 6.08. The van der Waals surface area contributed by atoms with Crippen molar-refractivity contribution in [3.63, 3.8) is 0 Å². The smallest absolute Gasteiger partial charge is 0.253 e. The molecule has 0 aliphatic heterocycles. The minimum atomic E-state index is -0.111. The zero-order valence-corrected chi connectivity index (χ0v) is 13.7. The summed E-state index contributed by atoms with van der Waals surface area (Å²) in [5.74, 6) is 0.684. The van der Waals surface area contributed by atoms with Crippen LogP contribution in [-0.2, 0) is 6.54 Å². The van der Waals surface area contributed by atoms with Crippen molar-refractivity contribution in [1.29, 1.82) is 0 Å². The number of nitrogens with zero attached hydrogens (tertiary/aromatic N) is 2. The normalized spacial score (nSPS) is 10.6. The maximum absolute atomic E-state index is 12.1. The van der Waals surface area contributed by atoms with E-state index in [-0.39, 0.29) is 5.91 Å². The predicted molar refractivity (Wildman–Crippen MR) is 93.5 cm³/mol. The molecule has 0 bridgehead atoms. The fraction of sp³-hybridized carbons (Fsp3) is 0.333. The Kier molecular flexibility index (Phi) is 6.56. The second-order valence-corrected chi connectivity index (χ2v) is 5.68. The lowest BCUT2D eigenvalue weighted by atomic mass is 10.2. The standard InChI is InChI=1S/C18H24N4O/c1-22(2)12-6-11-19-17-10-9-16(14-20-17)18(23)21-13-15-7-4-3-5-8-15/h3-5,7-10,14H,6,11-13H2,1-2H3,(H,19,20)(H,21,23). The first-order valence-corrected chi connectivity index (χ1v) is 7.82. The SMILES string of the molecule is CN(C)CCCNc1ccc(C(=O)NCc2ccccc2)cn1. The minimum absolute atomic E-state index is 0.111. The molecule has 0 saturated carbocycles. The highest BCUT2D eigenvalue weighted by molar-refractivity contribution is 5.93. The molecule has 0 unspecified atom stereocenters. The Morgan fingerprint density at radius 2 is 1.91 bits per heavy atom. The van der Waals surface area contributed by atoms with Crippen molar-refractivity contribution >= 4 is 11.7 Å². The van der Waals surface area contributed by atoms with Crippen LogP contribution in [0.2, 0.25) is 0 Å². The first kappa shape index (κ1) is 17.0. The van der Waals surface area contributed by atoms with Crippen molar-refractivity contribution in [2.45, 2.75) is 13.0 Å². The molecule has 2 aromatic rings. The Labute approximate surface area is 137 Å². The van der Waals surface area contributed by atoms with Gasteiger partial charge in [0.25, 0.3) is 5.91 Å². The molecule has 0 spiro atoms. The molecule has 0 atom stereocenters. The van der Waals surface area contributed by atoms with Gasteiger partial charge in [-0.25, -0.2) is 4.98 Å². The summed E-state index contributed by atoms with van der Waals surface area (Å²) in [4.78, 5) is 18.5. The van der Waals surface area contributed by atoms with E-state index in [4.69, 9.17) is 0 Å². The molecular formula is C18H24N4O. The van der Waals surface area contributed by atoms with Gasteiger partial charge in [-0.3, -0.25) is 4.79 Å². The largest absolute Gasteiger partial charge is 0.370 e. The van der Waals surface area contributed by atoms with Gasteiger partial charge in [-0.05, 0) is 44.8 Å². The van der Waals surface area contributed by atoms with Crippen LogP contribution in [-0.4, -0.2) is 43.0 Å². The average Bonchev–Trinajstić information content (AvgIpc) is 2.58. The summed E-state index contributed by atoms with van der Waals surface area (Å²) in [6.45, 7) is 2.42. The van der Waals surface area contributed by atoms with Gasteiger partial charge < -0.3 is 15.5 Å². The molecule has 122 valence electrons. The second kappa shape index (κ2) is 8.90. The molecule has 0 aliphatic carbocycles.